The average Bonchev–Trinajstić information content (AvgIpc) is 3.13. The lowest BCUT2D eigenvalue weighted by Crippen LogP contribution is -2.08. The Bertz CT molecular complexity index is 959. The minimum atomic E-state index is -4.44. The molecule has 0 aliphatic rings. The summed E-state index contributed by atoms with van der Waals surface area (Å²) in [5.41, 5.74) is 1.48. The summed E-state index contributed by atoms with van der Waals surface area (Å²) in [4.78, 5) is 8.40. The van der Waals surface area contributed by atoms with E-state index in [0.717, 1.165) is 29.5 Å². The van der Waals surface area contributed by atoms with Gasteiger partial charge in [-0.15, -0.1) is 0 Å². The second-order valence-electron chi connectivity index (χ2n) is 6.30. The van der Waals surface area contributed by atoms with Gasteiger partial charge in [0, 0.05) is 18.0 Å². The van der Waals surface area contributed by atoms with Crippen LogP contribution in [0.15, 0.2) is 42.9 Å². The third kappa shape index (κ3) is 5.75. The summed E-state index contributed by atoms with van der Waals surface area (Å²) in [6.45, 7) is 3.03. The number of aryl methyl sites for hydroxylation is 1. The number of anilines is 2. The van der Waals surface area contributed by atoms with E-state index in [0.29, 0.717) is 24.7 Å². The van der Waals surface area contributed by atoms with Crippen molar-refractivity contribution in [2.24, 2.45) is 0 Å². The molecule has 3 aromatic heterocycles. The largest absolute Gasteiger partial charge is 0.416 e. The van der Waals surface area contributed by atoms with Crippen molar-refractivity contribution in [3.63, 3.8) is 0 Å². The number of pyridine rings is 2. The van der Waals surface area contributed by atoms with Crippen molar-refractivity contribution in [3.8, 4) is 11.3 Å². The van der Waals surface area contributed by atoms with Gasteiger partial charge in [-0.3, -0.25) is 4.68 Å². The molecule has 29 heavy (non-hydrogen) atoms. The Kier molecular flexibility index (Phi) is 6.45. The Balaban J connectivity index is 1.76. The number of aliphatic hydroxyl groups is 1. The molecule has 10 heteroatoms. The second kappa shape index (κ2) is 9.01. The van der Waals surface area contributed by atoms with Crippen LogP contribution in [0.3, 0.4) is 0 Å². The number of hydrogen-bond acceptors (Lipinski definition) is 6. The van der Waals surface area contributed by atoms with Crippen LogP contribution >= 0.6 is 0 Å². The van der Waals surface area contributed by atoms with E-state index in [2.05, 4.69) is 20.4 Å². The van der Waals surface area contributed by atoms with Crippen LogP contribution in [0.5, 0.6) is 0 Å². The third-order valence-electron chi connectivity index (χ3n) is 3.94. The molecule has 3 heterocycles. The first-order valence-corrected chi connectivity index (χ1v) is 8.85. The quantitative estimate of drug-likeness (QED) is 0.557. The summed E-state index contributed by atoms with van der Waals surface area (Å²) < 4.78 is 45.6. The van der Waals surface area contributed by atoms with E-state index in [1.165, 1.54) is 0 Å². The summed E-state index contributed by atoms with van der Waals surface area (Å²) >= 11 is 0. The fraction of sp³-hybridized carbons (Fsp3) is 0.316. The molecule has 0 bridgehead atoms. The number of ether oxygens (including phenoxy) is 1. The lowest BCUT2D eigenvalue weighted by atomic mass is 10.2. The summed E-state index contributed by atoms with van der Waals surface area (Å²) in [7, 11) is 0. The molecule has 2 N–H and O–H groups in total. The molecular weight excluding hydrogens is 387 g/mol. The van der Waals surface area contributed by atoms with Crippen molar-refractivity contribution in [1.82, 2.24) is 19.7 Å². The maximum atomic E-state index is 12.9. The Morgan fingerprint density at radius 1 is 1.17 bits per heavy atom. The van der Waals surface area contributed by atoms with Gasteiger partial charge in [0.05, 0.1) is 43.8 Å². The first-order valence-electron chi connectivity index (χ1n) is 8.85. The smallest absolute Gasteiger partial charge is 0.394 e. The summed E-state index contributed by atoms with van der Waals surface area (Å²) in [6.07, 6.45) is 0.112. The number of aliphatic hydroxyl groups excluding tert-OH is 1. The molecule has 3 rings (SSSR count). The number of halogens is 3. The highest BCUT2D eigenvalue weighted by atomic mass is 19.4. The van der Waals surface area contributed by atoms with Gasteiger partial charge in [-0.2, -0.15) is 18.3 Å². The first kappa shape index (κ1) is 20.7. The summed E-state index contributed by atoms with van der Waals surface area (Å²) in [5, 5.41) is 15.8. The molecular formula is C19H20F3N5O2. The normalized spacial score (nSPS) is 11.6. The van der Waals surface area contributed by atoms with Gasteiger partial charge >= 0.3 is 6.18 Å². The molecule has 7 nitrogen and oxygen atoms in total. The van der Waals surface area contributed by atoms with Gasteiger partial charge in [0.15, 0.2) is 0 Å². The van der Waals surface area contributed by atoms with Crippen LogP contribution in [0.2, 0.25) is 0 Å². The van der Waals surface area contributed by atoms with Gasteiger partial charge in [0.2, 0.25) is 0 Å². The van der Waals surface area contributed by atoms with Crippen molar-refractivity contribution in [3.05, 3.63) is 54.0 Å². The van der Waals surface area contributed by atoms with E-state index in [-0.39, 0.29) is 19.0 Å². The molecule has 0 aromatic carbocycles. The lowest BCUT2D eigenvalue weighted by Gasteiger charge is -2.10. The molecule has 0 aliphatic carbocycles. The molecule has 0 aliphatic heterocycles. The van der Waals surface area contributed by atoms with Crippen LogP contribution < -0.4 is 5.32 Å². The van der Waals surface area contributed by atoms with Gasteiger partial charge in [-0.25, -0.2) is 9.97 Å². The summed E-state index contributed by atoms with van der Waals surface area (Å²) in [5.74, 6) is 0.437. The number of rotatable bonds is 8. The highest BCUT2D eigenvalue weighted by Gasteiger charge is 2.30. The van der Waals surface area contributed by atoms with E-state index < -0.39 is 11.7 Å². The van der Waals surface area contributed by atoms with E-state index >= 15 is 0 Å². The van der Waals surface area contributed by atoms with Crippen LogP contribution in [0.4, 0.5) is 24.8 Å². The monoisotopic (exact) mass is 407 g/mol. The average molecular weight is 407 g/mol. The number of nitrogens with zero attached hydrogens (tertiary/aromatic N) is 4. The number of aromatic nitrogens is 4. The molecule has 0 radical (unpaired) electrons. The minimum absolute atomic E-state index is 0.0336. The van der Waals surface area contributed by atoms with Gasteiger partial charge in [-0.1, -0.05) is 0 Å². The van der Waals surface area contributed by atoms with Crippen molar-refractivity contribution in [1.29, 1.82) is 0 Å². The Morgan fingerprint density at radius 2 is 2.00 bits per heavy atom. The van der Waals surface area contributed by atoms with Crippen LogP contribution in [0.1, 0.15) is 11.1 Å². The van der Waals surface area contributed by atoms with Gasteiger partial charge in [-0.05, 0) is 36.8 Å². The van der Waals surface area contributed by atoms with Crippen molar-refractivity contribution >= 4 is 11.6 Å². The number of nitrogens with one attached hydrogen (secondary N) is 1. The predicted octanol–water partition coefficient (Wildman–Crippen LogP) is 3.42. The van der Waals surface area contributed by atoms with E-state index in [1.807, 2.05) is 13.0 Å². The van der Waals surface area contributed by atoms with Crippen LogP contribution in [-0.2, 0) is 17.5 Å². The van der Waals surface area contributed by atoms with Gasteiger partial charge in [0.1, 0.15) is 11.6 Å². The molecule has 0 saturated carbocycles. The Hall–Kier alpha value is -2.98. The SMILES string of the molecule is Cc1cc(Nc2cc(C(F)(F)F)ccn2)nc(-c2cnn(CCOCCO)c2)c1. The molecule has 0 spiro atoms. The fourth-order valence-corrected chi connectivity index (χ4v) is 2.63. The summed E-state index contributed by atoms with van der Waals surface area (Å²) in [6, 6.07) is 5.43. The van der Waals surface area contributed by atoms with E-state index in [9.17, 15) is 13.2 Å². The van der Waals surface area contributed by atoms with Crippen LogP contribution in [0, 0.1) is 6.92 Å². The Morgan fingerprint density at radius 3 is 2.76 bits per heavy atom. The highest BCUT2D eigenvalue weighted by molar-refractivity contribution is 5.63. The Labute approximate surface area is 165 Å². The molecule has 0 saturated heterocycles. The molecule has 3 aromatic rings. The lowest BCUT2D eigenvalue weighted by molar-refractivity contribution is -0.137. The zero-order valence-corrected chi connectivity index (χ0v) is 15.6. The number of alkyl halides is 3. The molecule has 0 unspecified atom stereocenters. The number of hydrogen-bond donors (Lipinski definition) is 2. The van der Waals surface area contributed by atoms with Crippen LogP contribution in [0.25, 0.3) is 11.3 Å². The van der Waals surface area contributed by atoms with Crippen molar-refractivity contribution < 1.29 is 23.0 Å². The topological polar surface area (TPSA) is 85.1 Å². The molecule has 0 amide bonds. The third-order valence-corrected chi connectivity index (χ3v) is 3.94. The second-order valence-corrected chi connectivity index (χ2v) is 6.30. The highest BCUT2D eigenvalue weighted by Crippen LogP contribution is 2.30. The minimum Gasteiger partial charge on any atom is -0.394 e. The molecule has 154 valence electrons. The molecule has 0 fully saturated rings. The first-order chi connectivity index (χ1) is 13.8. The standard InChI is InChI=1S/C19H20F3N5O2/c1-13-8-16(14-11-24-27(12-14)4-6-29-7-5-28)25-18(9-13)26-17-10-15(2-3-23-17)19(20,21)22/h2-3,8-12,28H,4-7H2,1H3,(H,23,25,26). The van der Waals surface area contributed by atoms with E-state index in [4.69, 9.17) is 9.84 Å². The van der Waals surface area contributed by atoms with E-state index in [1.54, 1.807) is 23.1 Å². The maximum absolute atomic E-state index is 12.9. The van der Waals surface area contributed by atoms with Crippen LogP contribution in [-0.4, -0.2) is 44.7 Å². The zero-order chi connectivity index (χ0) is 20.9. The molecule has 0 atom stereocenters. The van der Waals surface area contributed by atoms with Gasteiger partial charge in [0.25, 0.3) is 0 Å². The van der Waals surface area contributed by atoms with Crippen molar-refractivity contribution in [2.75, 3.05) is 25.1 Å². The maximum Gasteiger partial charge on any atom is 0.416 e. The fourth-order valence-electron chi connectivity index (χ4n) is 2.63. The zero-order valence-electron chi connectivity index (χ0n) is 15.6. The van der Waals surface area contributed by atoms with Crippen molar-refractivity contribution in [2.45, 2.75) is 19.6 Å². The van der Waals surface area contributed by atoms with Gasteiger partial charge < -0.3 is 15.2 Å². The predicted molar refractivity (Wildman–Crippen MR) is 101 cm³/mol.